The van der Waals surface area contributed by atoms with Gasteiger partial charge in [-0.15, -0.1) is 0 Å². The Morgan fingerprint density at radius 1 is 1.43 bits per heavy atom. The van der Waals surface area contributed by atoms with Gasteiger partial charge in [0.1, 0.15) is 5.75 Å². The number of ether oxygens (including phenoxy) is 1. The van der Waals surface area contributed by atoms with Crippen LogP contribution in [0.25, 0.3) is 6.08 Å². The van der Waals surface area contributed by atoms with Crippen LogP contribution in [0.1, 0.15) is 18.1 Å². The summed E-state index contributed by atoms with van der Waals surface area (Å²) in [5.41, 5.74) is 3.81. The summed E-state index contributed by atoms with van der Waals surface area (Å²) >= 11 is 0. The van der Waals surface area contributed by atoms with E-state index in [2.05, 4.69) is 17.9 Å². The van der Waals surface area contributed by atoms with Crippen LogP contribution in [0.15, 0.2) is 23.8 Å². The first-order chi connectivity index (χ1) is 10.1. The SMILES string of the molecule is COC(=O)C1CN(CC2=Cc3ccc(O)cc3C[C@@H]2C)C1. The smallest absolute Gasteiger partial charge is 0.311 e. The number of esters is 1. The summed E-state index contributed by atoms with van der Waals surface area (Å²) in [5, 5.41) is 9.56. The van der Waals surface area contributed by atoms with E-state index in [1.807, 2.05) is 12.1 Å². The van der Waals surface area contributed by atoms with Crippen molar-refractivity contribution in [3.05, 3.63) is 34.9 Å². The highest BCUT2D eigenvalue weighted by molar-refractivity contribution is 5.74. The number of nitrogens with zero attached hydrogens (tertiary/aromatic N) is 1. The van der Waals surface area contributed by atoms with Gasteiger partial charge in [-0.2, -0.15) is 0 Å². The van der Waals surface area contributed by atoms with Crippen molar-refractivity contribution < 1.29 is 14.6 Å². The molecule has 0 unspecified atom stereocenters. The second-order valence-corrected chi connectivity index (χ2v) is 6.12. The third-order valence-electron chi connectivity index (χ3n) is 4.52. The van der Waals surface area contributed by atoms with Gasteiger partial charge in [0.2, 0.25) is 0 Å². The maximum atomic E-state index is 11.4. The van der Waals surface area contributed by atoms with Crippen LogP contribution in [0.2, 0.25) is 0 Å². The van der Waals surface area contributed by atoms with E-state index in [0.717, 1.165) is 26.1 Å². The van der Waals surface area contributed by atoms with Crippen LogP contribution in [0, 0.1) is 11.8 Å². The molecule has 0 bridgehead atoms. The van der Waals surface area contributed by atoms with Gasteiger partial charge in [0.05, 0.1) is 13.0 Å². The quantitative estimate of drug-likeness (QED) is 0.865. The molecule has 1 atom stereocenters. The van der Waals surface area contributed by atoms with E-state index >= 15 is 0 Å². The Bertz CT molecular complexity index is 588. The summed E-state index contributed by atoms with van der Waals surface area (Å²) in [6.45, 7) is 4.71. The summed E-state index contributed by atoms with van der Waals surface area (Å²) in [7, 11) is 1.45. The van der Waals surface area contributed by atoms with Crippen molar-refractivity contribution in [3.8, 4) is 5.75 Å². The summed E-state index contributed by atoms with van der Waals surface area (Å²) in [5.74, 6) is 0.745. The number of phenols is 1. The minimum absolute atomic E-state index is 0.0405. The lowest BCUT2D eigenvalue weighted by Gasteiger charge is -2.39. The van der Waals surface area contributed by atoms with E-state index in [9.17, 15) is 9.90 Å². The van der Waals surface area contributed by atoms with E-state index in [0.29, 0.717) is 11.7 Å². The van der Waals surface area contributed by atoms with E-state index in [1.165, 1.54) is 23.8 Å². The number of methoxy groups -OCH3 is 1. The summed E-state index contributed by atoms with van der Waals surface area (Å²) < 4.78 is 4.77. The molecule has 112 valence electrons. The van der Waals surface area contributed by atoms with E-state index in [1.54, 1.807) is 6.07 Å². The zero-order valence-electron chi connectivity index (χ0n) is 12.5. The molecule has 1 saturated heterocycles. The highest BCUT2D eigenvalue weighted by Crippen LogP contribution is 2.32. The molecule has 1 heterocycles. The fourth-order valence-electron chi connectivity index (χ4n) is 3.19. The molecule has 4 heteroatoms. The molecule has 0 radical (unpaired) electrons. The van der Waals surface area contributed by atoms with Crippen molar-refractivity contribution in [2.45, 2.75) is 13.3 Å². The van der Waals surface area contributed by atoms with Crippen LogP contribution in [0.4, 0.5) is 0 Å². The number of aromatic hydroxyl groups is 1. The zero-order chi connectivity index (χ0) is 15.0. The molecule has 4 nitrogen and oxygen atoms in total. The molecular formula is C17H21NO3. The first-order valence-electron chi connectivity index (χ1n) is 7.39. The van der Waals surface area contributed by atoms with Gasteiger partial charge in [0, 0.05) is 19.6 Å². The number of carbonyl (C=O) groups excluding carboxylic acids is 1. The first-order valence-corrected chi connectivity index (χ1v) is 7.39. The Kier molecular flexibility index (Phi) is 3.72. The second-order valence-electron chi connectivity index (χ2n) is 6.12. The van der Waals surface area contributed by atoms with Crippen LogP contribution in [0.3, 0.4) is 0 Å². The average molecular weight is 287 g/mol. The molecule has 0 amide bonds. The topological polar surface area (TPSA) is 49.8 Å². The molecule has 1 aromatic carbocycles. The average Bonchev–Trinajstić information content (AvgIpc) is 2.42. The Labute approximate surface area is 125 Å². The fourth-order valence-corrected chi connectivity index (χ4v) is 3.19. The normalized spacial score (nSPS) is 22.2. The maximum Gasteiger partial charge on any atom is 0.311 e. The van der Waals surface area contributed by atoms with Crippen LogP contribution < -0.4 is 0 Å². The highest BCUT2D eigenvalue weighted by atomic mass is 16.5. The van der Waals surface area contributed by atoms with Gasteiger partial charge in [0.15, 0.2) is 0 Å². The molecule has 1 fully saturated rings. The molecule has 3 rings (SSSR count). The van der Waals surface area contributed by atoms with E-state index in [4.69, 9.17) is 4.74 Å². The van der Waals surface area contributed by atoms with Gasteiger partial charge in [-0.3, -0.25) is 9.69 Å². The molecule has 0 saturated carbocycles. The molecule has 1 aliphatic carbocycles. The number of hydrogen-bond donors (Lipinski definition) is 1. The zero-order valence-corrected chi connectivity index (χ0v) is 12.5. The molecule has 1 aliphatic heterocycles. The molecule has 1 N–H and O–H groups in total. The van der Waals surface area contributed by atoms with Gasteiger partial charge in [0.25, 0.3) is 0 Å². The molecule has 0 aromatic heterocycles. The minimum atomic E-state index is -0.0993. The lowest BCUT2D eigenvalue weighted by Crippen LogP contribution is -2.51. The lowest BCUT2D eigenvalue weighted by atomic mass is 9.83. The largest absolute Gasteiger partial charge is 0.508 e. The van der Waals surface area contributed by atoms with Crippen molar-refractivity contribution in [1.82, 2.24) is 4.90 Å². The predicted octanol–water partition coefficient (Wildman–Crippen LogP) is 2.07. The number of carbonyl (C=O) groups is 1. The Morgan fingerprint density at radius 2 is 2.19 bits per heavy atom. The predicted molar refractivity (Wildman–Crippen MR) is 80.9 cm³/mol. The Hall–Kier alpha value is -1.81. The standard InChI is InChI=1S/C17H21NO3/c1-11-5-13-7-16(19)4-3-12(13)6-14(11)8-18-9-15(10-18)17(20)21-2/h3-4,6-7,11,15,19H,5,8-10H2,1-2H3/t11-/m0/s1. The van der Waals surface area contributed by atoms with Gasteiger partial charge >= 0.3 is 5.97 Å². The third kappa shape index (κ3) is 2.81. The highest BCUT2D eigenvalue weighted by Gasteiger charge is 2.34. The number of phenolic OH excluding ortho intramolecular Hbond substituents is 1. The summed E-state index contributed by atoms with van der Waals surface area (Å²) in [6, 6.07) is 5.57. The number of likely N-dealkylation sites (tertiary alicyclic amines) is 1. The van der Waals surface area contributed by atoms with Gasteiger partial charge in [-0.1, -0.05) is 24.6 Å². The molecular weight excluding hydrogens is 266 g/mol. The molecule has 1 aromatic rings. The van der Waals surface area contributed by atoms with Crippen molar-refractivity contribution in [2.75, 3.05) is 26.7 Å². The summed E-state index contributed by atoms with van der Waals surface area (Å²) in [4.78, 5) is 13.7. The number of rotatable bonds is 3. The van der Waals surface area contributed by atoms with E-state index in [-0.39, 0.29) is 11.9 Å². The fraction of sp³-hybridized carbons (Fsp3) is 0.471. The van der Waals surface area contributed by atoms with Crippen LogP contribution >= 0.6 is 0 Å². The summed E-state index contributed by atoms with van der Waals surface area (Å²) in [6.07, 6.45) is 3.19. The number of fused-ring (bicyclic) bond motifs is 1. The van der Waals surface area contributed by atoms with Crippen LogP contribution in [0.5, 0.6) is 5.75 Å². The molecule has 21 heavy (non-hydrogen) atoms. The van der Waals surface area contributed by atoms with Crippen molar-refractivity contribution in [1.29, 1.82) is 0 Å². The molecule has 2 aliphatic rings. The van der Waals surface area contributed by atoms with Gasteiger partial charge in [-0.25, -0.2) is 0 Å². The Morgan fingerprint density at radius 3 is 2.90 bits per heavy atom. The third-order valence-corrected chi connectivity index (χ3v) is 4.52. The van der Waals surface area contributed by atoms with Crippen molar-refractivity contribution in [2.24, 2.45) is 11.8 Å². The van der Waals surface area contributed by atoms with E-state index < -0.39 is 0 Å². The number of hydrogen-bond acceptors (Lipinski definition) is 4. The number of benzene rings is 1. The minimum Gasteiger partial charge on any atom is -0.508 e. The van der Waals surface area contributed by atoms with Crippen LogP contribution in [-0.2, 0) is 16.0 Å². The van der Waals surface area contributed by atoms with Crippen molar-refractivity contribution in [3.63, 3.8) is 0 Å². The Balaban J connectivity index is 1.66. The first kappa shape index (κ1) is 14.1. The van der Waals surface area contributed by atoms with Gasteiger partial charge < -0.3 is 9.84 Å². The monoisotopic (exact) mass is 287 g/mol. The van der Waals surface area contributed by atoms with Gasteiger partial charge in [-0.05, 0) is 35.6 Å². The van der Waals surface area contributed by atoms with Crippen LogP contribution in [-0.4, -0.2) is 42.7 Å². The lowest BCUT2D eigenvalue weighted by molar-refractivity contribution is -0.151. The van der Waals surface area contributed by atoms with Crippen molar-refractivity contribution >= 4 is 12.0 Å². The molecule has 0 spiro atoms. The maximum absolute atomic E-state index is 11.4. The second kappa shape index (κ2) is 5.53.